The van der Waals surface area contributed by atoms with Crippen molar-refractivity contribution in [1.82, 2.24) is 4.98 Å². The molecular weight excluding hydrogens is 326 g/mol. The minimum atomic E-state index is -0.961. The Morgan fingerprint density at radius 1 is 1.21 bits per heavy atom. The molecule has 0 aliphatic rings. The normalized spacial score (nSPS) is 11.3. The molecule has 0 aliphatic heterocycles. The Hall–Kier alpha value is -2.21. The Labute approximate surface area is 145 Å². The van der Waals surface area contributed by atoms with Crippen LogP contribution in [0.4, 0.5) is 0 Å². The molecule has 1 N–H and O–H groups in total. The first-order chi connectivity index (χ1) is 11.2. The molecule has 0 spiro atoms. The van der Waals surface area contributed by atoms with Crippen molar-refractivity contribution in [2.45, 2.75) is 39.5 Å². The van der Waals surface area contributed by atoms with Crippen molar-refractivity contribution >= 4 is 23.3 Å². The van der Waals surface area contributed by atoms with Crippen LogP contribution in [0.15, 0.2) is 24.3 Å². The van der Waals surface area contributed by atoms with E-state index in [1.165, 1.54) is 11.3 Å². The monoisotopic (exact) mass is 347 g/mol. The number of hydrogen-bond acceptors (Lipinski definition) is 5. The molecule has 6 heteroatoms. The molecule has 0 amide bonds. The standard InChI is InChI=1S/C18H21NO4S/c1-5-23-16(22)14-13(19-17(24-14)18(2,3)4)10-11-6-8-12(9-7-11)15(20)21/h6-9H,5,10H2,1-4H3,(H,20,21). The molecule has 0 radical (unpaired) electrons. The molecule has 0 saturated heterocycles. The molecule has 1 aromatic heterocycles. The Balaban J connectivity index is 2.35. The van der Waals surface area contributed by atoms with Gasteiger partial charge in [-0.1, -0.05) is 32.9 Å². The van der Waals surface area contributed by atoms with Crippen molar-refractivity contribution in [2.75, 3.05) is 6.61 Å². The minimum absolute atomic E-state index is 0.155. The summed E-state index contributed by atoms with van der Waals surface area (Å²) in [4.78, 5) is 28.3. The average Bonchev–Trinajstić information content (AvgIpc) is 2.92. The number of rotatable bonds is 5. The minimum Gasteiger partial charge on any atom is -0.478 e. The summed E-state index contributed by atoms with van der Waals surface area (Å²) < 4.78 is 5.14. The SMILES string of the molecule is CCOC(=O)c1sc(C(C)(C)C)nc1Cc1ccc(C(=O)O)cc1. The predicted molar refractivity (Wildman–Crippen MR) is 93.0 cm³/mol. The first-order valence-electron chi connectivity index (χ1n) is 7.72. The maximum Gasteiger partial charge on any atom is 0.350 e. The third-order valence-electron chi connectivity index (χ3n) is 3.37. The molecule has 0 fully saturated rings. The molecule has 0 saturated carbocycles. The number of benzene rings is 1. The summed E-state index contributed by atoms with van der Waals surface area (Å²) in [7, 11) is 0. The van der Waals surface area contributed by atoms with Crippen LogP contribution >= 0.6 is 11.3 Å². The summed E-state index contributed by atoms with van der Waals surface area (Å²) in [6.07, 6.45) is 0.459. The van der Waals surface area contributed by atoms with Crippen molar-refractivity contribution in [3.8, 4) is 0 Å². The lowest BCUT2D eigenvalue weighted by atomic mass is 9.98. The van der Waals surface area contributed by atoms with E-state index in [-0.39, 0.29) is 16.9 Å². The fourth-order valence-electron chi connectivity index (χ4n) is 2.11. The quantitative estimate of drug-likeness (QED) is 0.830. The number of hydrogen-bond donors (Lipinski definition) is 1. The largest absolute Gasteiger partial charge is 0.478 e. The average molecular weight is 347 g/mol. The second-order valence-corrected chi connectivity index (χ2v) is 7.44. The van der Waals surface area contributed by atoms with E-state index in [0.29, 0.717) is 23.6 Å². The smallest absolute Gasteiger partial charge is 0.350 e. The number of carboxylic acid groups (broad SMARTS) is 1. The third-order valence-corrected chi connectivity index (χ3v) is 4.88. The summed E-state index contributed by atoms with van der Waals surface area (Å²) in [6.45, 7) is 8.23. The summed E-state index contributed by atoms with van der Waals surface area (Å²) in [5.41, 5.74) is 1.65. The van der Waals surface area contributed by atoms with Gasteiger partial charge in [-0.25, -0.2) is 14.6 Å². The van der Waals surface area contributed by atoms with Crippen molar-refractivity contribution in [2.24, 2.45) is 0 Å². The summed E-state index contributed by atoms with van der Waals surface area (Å²) in [5, 5.41) is 9.84. The van der Waals surface area contributed by atoms with Gasteiger partial charge in [0.1, 0.15) is 4.88 Å². The van der Waals surface area contributed by atoms with Crippen molar-refractivity contribution in [3.05, 3.63) is 51.0 Å². The zero-order valence-electron chi connectivity index (χ0n) is 14.3. The molecule has 1 heterocycles. The zero-order chi connectivity index (χ0) is 17.9. The highest BCUT2D eigenvalue weighted by Gasteiger charge is 2.25. The predicted octanol–water partition coefficient (Wildman–Crippen LogP) is 3.91. The van der Waals surface area contributed by atoms with E-state index in [2.05, 4.69) is 4.98 Å². The van der Waals surface area contributed by atoms with Crippen LogP contribution in [-0.4, -0.2) is 28.6 Å². The highest BCUT2D eigenvalue weighted by atomic mass is 32.1. The van der Waals surface area contributed by atoms with Gasteiger partial charge < -0.3 is 9.84 Å². The molecular formula is C18H21NO4S. The van der Waals surface area contributed by atoms with Crippen LogP contribution in [0.25, 0.3) is 0 Å². The number of carbonyl (C=O) groups is 2. The van der Waals surface area contributed by atoms with E-state index in [9.17, 15) is 9.59 Å². The van der Waals surface area contributed by atoms with Crippen LogP contribution in [-0.2, 0) is 16.6 Å². The summed E-state index contributed by atoms with van der Waals surface area (Å²) >= 11 is 1.36. The number of nitrogens with zero attached hydrogens (tertiary/aromatic N) is 1. The Morgan fingerprint density at radius 2 is 1.83 bits per heavy atom. The first kappa shape index (κ1) is 18.1. The molecule has 128 valence electrons. The fraction of sp³-hybridized carbons (Fsp3) is 0.389. The maximum absolute atomic E-state index is 12.2. The van der Waals surface area contributed by atoms with Gasteiger partial charge in [0.05, 0.1) is 22.9 Å². The van der Waals surface area contributed by atoms with E-state index in [0.717, 1.165) is 10.6 Å². The highest BCUT2D eigenvalue weighted by molar-refractivity contribution is 7.13. The van der Waals surface area contributed by atoms with Crippen LogP contribution in [0.3, 0.4) is 0 Å². The van der Waals surface area contributed by atoms with E-state index in [4.69, 9.17) is 9.84 Å². The molecule has 1 aromatic carbocycles. The summed E-state index contributed by atoms with van der Waals surface area (Å²) in [5.74, 6) is -1.32. The van der Waals surface area contributed by atoms with E-state index in [1.807, 2.05) is 20.8 Å². The molecule has 0 aliphatic carbocycles. The van der Waals surface area contributed by atoms with Crippen LogP contribution in [0.1, 0.15) is 64.0 Å². The van der Waals surface area contributed by atoms with Crippen molar-refractivity contribution in [3.63, 3.8) is 0 Å². The van der Waals surface area contributed by atoms with Gasteiger partial charge in [0.15, 0.2) is 0 Å². The van der Waals surface area contributed by atoms with Crippen LogP contribution < -0.4 is 0 Å². The Kier molecular flexibility index (Phi) is 5.39. The number of aromatic carboxylic acids is 1. The van der Waals surface area contributed by atoms with Gasteiger partial charge in [0.25, 0.3) is 0 Å². The topological polar surface area (TPSA) is 76.5 Å². The van der Waals surface area contributed by atoms with Gasteiger partial charge in [-0.3, -0.25) is 0 Å². The second kappa shape index (κ2) is 7.13. The third kappa shape index (κ3) is 4.20. The van der Waals surface area contributed by atoms with Crippen molar-refractivity contribution < 1.29 is 19.4 Å². The molecule has 5 nitrogen and oxygen atoms in total. The van der Waals surface area contributed by atoms with Crippen LogP contribution in [0.5, 0.6) is 0 Å². The van der Waals surface area contributed by atoms with Gasteiger partial charge in [-0.05, 0) is 24.6 Å². The molecule has 0 bridgehead atoms. The van der Waals surface area contributed by atoms with E-state index in [1.54, 1.807) is 31.2 Å². The lowest BCUT2D eigenvalue weighted by molar-refractivity contribution is 0.0530. The highest BCUT2D eigenvalue weighted by Crippen LogP contribution is 2.31. The molecule has 2 rings (SSSR count). The number of carbonyl (C=O) groups excluding carboxylic acids is 1. The van der Waals surface area contributed by atoms with Crippen LogP contribution in [0.2, 0.25) is 0 Å². The Morgan fingerprint density at radius 3 is 2.33 bits per heavy atom. The lowest BCUT2D eigenvalue weighted by Gasteiger charge is -2.13. The molecule has 2 aromatic rings. The van der Waals surface area contributed by atoms with Gasteiger partial charge in [0.2, 0.25) is 0 Å². The molecule has 0 unspecified atom stereocenters. The van der Waals surface area contributed by atoms with E-state index < -0.39 is 5.97 Å². The zero-order valence-corrected chi connectivity index (χ0v) is 15.1. The summed E-state index contributed by atoms with van der Waals surface area (Å²) in [6, 6.07) is 6.60. The van der Waals surface area contributed by atoms with Gasteiger partial charge >= 0.3 is 11.9 Å². The first-order valence-corrected chi connectivity index (χ1v) is 8.53. The van der Waals surface area contributed by atoms with Gasteiger partial charge in [-0.15, -0.1) is 11.3 Å². The lowest BCUT2D eigenvalue weighted by Crippen LogP contribution is -2.10. The number of thiazole rings is 1. The molecule has 0 atom stereocenters. The maximum atomic E-state index is 12.2. The van der Waals surface area contributed by atoms with Gasteiger partial charge in [0, 0.05) is 11.8 Å². The van der Waals surface area contributed by atoms with Crippen LogP contribution in [0, 0.1) is 0 Å². The van der Waals surface area contributed by atoms with Gasteiger partial charge in [-0.2, -0.15) is 0 Å². The second-order valence-electron chi connectivity index (χ2n) is 6.44. The van der Waals surface area contributed by atoms with E-state index >= 15 is 0 Å². The number of aromatic nitrogens is 1. The number of carboxylic acids is 1. The number of ether oxygens (including phenoxy) is 1. The fourth-order valence-corrected chi connectivity index (χ4v) is 3.14. The number of esters is 1. The Bertz CT molecular complexity index is 741. The molecule has 24 heavy (non-hydrogen) atoms. The van der Waals surface area contributed by atoms with Crippen molar-refractivity contribution in [1.29, 1.82) is 0 Å².